The fourth-order valence-corrected chi connectivity index (χ4v) is 5.17. The Morgan fingerprint density at radius 3 is 2.56 bits per heavy atom. The molecule has 3 aliphatic rings. The van der Waals surface area contributed by atoms with Crippen molar-refractivity contribution in [2.75, 3.05) is 19.6 Å². The molecule has 2 aliphatic heterocycles. The lowest BCUT2D eigenvalue weighted by Crippen LogP contribution is -2.62. The first kappa shape index (κ1) is 18.7. The first-order chi connectivity index (χ1) is 11.9. The number of likely N-dealkylation sites (tertiary alicyclic amines) is 2. The van der Waals surface area contributed by atoms with Gasteiger partial charge in [0.25, 0.3) is 0 Å². The van der Waals surface area contributed by atoms with Gasteiger partial charge >= 0.3 is 0 Å². The van der Waals surface area contributed by atoms with Crippen LogP contribution in [0, 0.1) is 17.3 Å². The van der Waals surface area contributed by atoms with E-state index in [0.29, 0.717) is 18.2 Å². The lowest BCUT2D eigenvalue weighted by atomic mass is 9.63. The smallest absolute Gasteiger partial charge is 0.230 e. The summed E-state index contributed by atoms with van der Waals surface area (Å²) in [6, 6.07) is 0.146. The van der Waals surface area contributed by atoms with Crippen LogP contribution in [0.15, 0.2) is 0 Å². The quantitative estimate of drug-likeness (QED) is 0.774. The van der Waals surface area contributed by atoms with E-state index in [2.05, 4.69) is 30.6 Å². The lowest BCUT2D eigenvalue weighted by molar-refractivity contribution is -0.163. The van der Waals surface area contributed by atoms with Crippen LogP contribution in [0.2, 0.25) is 0 Å². The summed E-state index contributed by atoms with van der Waals surface area (Å²) in [6.07, 6.45) is 8.91. The van der Waals surface area contributed by atoms with Crippen LogP contribution in [-0.2, 0) is 9.59 Å². The van der Waals surface area contributed by atoms with Crippen molar-refractivity contribution < 1.29 is 9.59 Å². The number of piperidine rings is 2. The van der Waals surface area contributed by atoms with Gasteiger partial charge in [-0.3, -0.25) is 9.59 Å². The first-order valence-corrected chi connectivity index (χ1v) is 10.5. The minimum Gasteiger partial charge on any atom is -0.342 e. The monoisotopic (exact) mass is 348 g/mol. The highest BCUT2D eigenvalue weighted by atomic mass is 16.2. The Hall–Kier alpha value is -1.06. The molecule has 2 saturated heterocycles. The van der Waals surface area contributed by atoms with Crippen LogP contribution in [0.4, 0.5) is 0 Å². The van der Waals surface area contributed by atoms with Crippen LogP contribution in [0.25, 0.3) is 0 Å². The third kappa shape index (κ3) is 3.73. The maximum Gasteiger partial charge on any atom is 0.230 e. The van der Waals surface area contributed by atoms with Crippen molar-refractivity contribution in [3.63, 3.8) is 0 Å². The van der Waals surface area contributed by atoms with Gasteiger partial charge in [0.2, 0.25) is 11.8 Å². The van der Waals surface area contributed by atoms with Crippen molar-refractivity contribution in [2.24, 2.45) is 17.3 Å². The second kappa shape index (κ2) is 7.67. The fraction of sp³-hybridized carbons (Fsp3) is 0.905. The van der Waals surface area contributed by atoms with E-state index in [1.54, 1.807) is 0 Å². The van der Waals surface area contributed by atoms with Crippen molar-refractivity contribution in [3.8, 4) is 0 Å². The van der Waals surface area contributed by atoms with Crippen LogP contribution >= 0.6 is 0 Å². The zero-order chi connectivity index (χ0) is 18.0. The second-order valence-corrected chi connectivity index (χ2v) is 9.16. The van der Waals surface area contributed by atoms with E-state index >= 15 is 0 Å². The predicted octanol–water partition coefficient (Wildman–Crippen LogP) is 3.84. The molecule has 1 aliphatic carbocycles. The molecule has 0 radical (unpaired) electrons. The van der Waals surface area contributed by atoms with Gasteiger partial charge in [-0.15, -0.1) is 0 Å². The maximum absolute atomic E-state index is 13.6. The zero-order valence-electron chi connectivity index (χ0n) is 16.4. The van der Waals surface area contributed by atoms with Gasteiger partial charge in [0, 0.05) is 32.1 Å². The molecule has 4 nitrogen and oxygen atoms in total. The van der Waals surface area contributed by atoms with Crippen molar-refractivity contribution in [2.45, 2.75) is 84.6 Å². The molecule has 0 aromatic rings. The van der Waals surface area contributed by atoms with Crippen LogP contribution < -0.4 is 0 Å². The van der Waals surface area contributed by atoms with Gasteiger partial charge in [-0.25, -0.2) is 0 Å². The van der Waals surface area contributed by atoms with E-state index in [4.69, 9.17) is 0 Å². The Balaban J connectivity index is 1.80. The van der Waals surface area contributed by atoms with E-state index in [-0.39, 0.29) is 17.4 Å². The molecular formula is C21H36N2O2. The molecule has 0 N–H and O–H groups in total. The van der Waals surface area contributed by atoms with Gasteiger partial charge in [0.15, 0.2) is 0 Å². The van der Waals surface area contributed by atoms with Gasteiger partial charge in [0.05, 0.1) is 5.41 Å². The number of fused-ring (bicyclic) bond motifs is 1. The Morgan fingerprint density at radius 1 is 1.16 bits per heavy atom. The summed E-state index contributed by atoms with van der Waals surface area (Å²) in [5, 5.41) is 0. The summed E-state index contributed by atoms with van der Waals surface area (Å²) in [4.78, 5) is 30.5. The first-order valence-electron chi connectivity index (χ1n) is 10.5. The average molecular weight is 349 g/mol. The standard InChI is InChI=1S/C21H36N2O2/c1-16(2)8-15-23-18-6-4-5-11-21(18,12-7-19(23)24)20(25)22-13-9-17(3)10-14-22/h16-18H,4-15H2,1-3H3/t18-,21-/m1/s1. The maximum atomic E-state index is 13.6. The molecule has 142 valence electrons. The molecule has 0 spiro atoms. The molecule has 0 bridgehead atoms. The molecule has 4 heteroatoms. The van der Waals surface area contributed by atoms with Gasteiger partial charge in [-0.1, -0.05) is 33.6 Å². The number of nitrogens with zero attached hydrogens (tertiary/aromatic N) is 2. The van der Waals surface area contributed by atoms with E-state index in [0.717, 1.165) is 76.9 Å². The SMILES string of the molecule is CC(C)CCN1C(=O)CC[C@]2(C(=O)N3CCC(C)CC3)CCCC[C@@H]12. The molecule has 3 fully saturated rings. The van der Waals surface area contributed by atoms with E-state index in [1.807, 2.05) is 0 Å². The summed E-state index contributed by atoms with van der Waals surface area (Å²) in [6.45, 7) is 9.36. The molecule has 2 amide bonds. The van der Waals surface area contributed by atoms with Crippen LogP contribution in [0.1, 0.15) is 78.6 Å². The van der Waals surface area contributed by atoms with Gasteiger partial charge in [-0.2, -0.15) is 0 Å². The highest BCUT2D eigenvalue weighted by Crippen LogP contribution is 2.48. The number of carbonyl (C=O) groups excluding carboxylic acids is 2. The Labute approximate surface area is 153 Å². The van der Waals surface area contributed by atoms with Gasteiger partial charge in [0.1, 0.15) is 0 Å². The van der Waals surface area contributed by atoms with Crippen molar-refractivity contribution in [3.05, 3.63) is 0 Å². The molecule has 0 aromatic heterocycles. The third-order valence-electron chi connectivity index (χ3n) is 6.91. The van der Waals surface area contributed by atoms with Crippen LogP contribution in [0.3, 0.4) is 0 Å². The Bertz CT molecular complexity index is 496. The molecule has 0 aromatic carbocycles. The number of rotatable bonds is 4. The summed E-state index contributed by atoms with van der Waals surface area (Å²) in [5.41, 5.74) is -0.288. The minimum atomic E-state index is -0.288. The van der Waals surface area contributed by atoms with E-state index in [1.165, 1.54) is 0 Å². The van der Waals surface area contributed by atoms with Crippen molar-refractivity contribution in [1.29, 1.82) is 0 Å². The molecular weight excluding hydrogens is 312 g/mol. The minimum absolute atomic E-state index is 0.146. The normalized spacial score (nSPS) is 31.4. The summed E-state index contributed by atoms with van der Waals surface area (Å²) in [5.74, 6) is 1.97. The Kier molecular flexibility index (Phi) is 5.75. The highest BCUT2D eigenvalue weighted by Gasteiger charge is 2.54. The topological polar surface area (TPSA) is 40.6 Å². The van der Waals surface area contributed by atoms with Crippen LogP contribution in [-0.4, -0.2) is 47.3 Å². The number of hydrogen-bond donors (Lipinski definition) is 0. The molecule has 0 unspecified atom stereocenters. The summed E-state index contributed by atoms with van der Waals surface area (Å²) >= 11 is 0. The van der Waals surface area contributed by atoms with Crippen molar-refractivity contribution in [1.82, 2.24) is 9.80 Å². The predicted molar refractivity (Wildman–Crippen MR) is 100 cm³/mol. The Morgan fingerprint density at radius 2 is 1.88 bits per heavy atom. The molecule has 1 saturated carbocycles. The van der Waals surface area contributed by atoms with Crippen LogP contribution in [0.5, 0.6) is 0 Å². The van der Waals surface area contributed by atoms with E-state index < -0.39 is 0 Å². The third-order valence-corrected chi connectivity index (χ3v) is 6.91. The molecule has 25 heavy (non-hydrogen) atoms. The number of hydrogen-bond acceptors (Lipinski definition) is 2. The lowest BCUT2D eigenvalue weighted by Gasteiger charge is -2.53. The highest BCUT2D eigenvalue weighted by molar-refractivity contribution is 5.88. The largest absolute Gasteiger partial charge is 0.342 e. The van der Waals surface area contributed by atoms with Gasteiger partial charge < -0.3 is 9.80 Å². The fourth-order valence-electron chi connectivity index (χ4n) is 5.17. The van der Waals surface area contributed by atoms with Crippen molar-refractivity contribution >= 4 is 11.8 Å². The van der Waals surface area contributed by atoms with E-state index in [9.17, 15) is 9.59 Å². The molecule has 2 atom stereocenters. The zero-order valence-corrected chi connectivity index (χ0v) is 16.4. The molecule has 2 heterocycles. The summed E-state index contributed by atoms with van der Waals surface area (Å²) in [7, 11) is 0. The van der Waals surface area contributed by atoms with Gasteiger partial charge in [-0.05, 0) is 50.4 Å². The number of carbonyl (C=O) groups is 2. The summed E-state index contributed by atoms with van der Waals surface area (Å²) < 4.78 is 0. The second-order valence-electron chi connectivity index (χ2n) is 9.16. The average Bonchev–Trinajstić information content (AvgIpc) is 2.61. The molecule has 3 rings (SSSR count). The number of amides is 2.